The fourth-order valence-electron chi connectivity index (χ4n) is 3.03. The highest BCUT2D eigenvalue weighted by molar-refractivity contribution is 7.89. The topological polar surface area (TPSA) is 79.0 Å². The third-order valence-electron chi connectivity index (χ3n) is 4.46. The third kappa shape index (κ3) is 4.67. The van der Waals surface area contributed by atoms with Crippen LogP contribution in [0.25, 0.3) is 0 Å². The standard InChI is InChI=1S/C19H21Cl2N3O4S/c1-23(2)18-15(21)4-3-5-16(18)22-19(25)13-6-7-14(20)17(12-13)29(26,27)24-8-10-28-11-9-24/h3-7,12H,8-11H2,1-2H3,(H,22,25). The van der Waals surface area contributed by atoms with Crippen LogP contribution in [0.4, 0.5) is 11.4 Å². The monoisotopic (exact) mass is 457 g/mol. The molecule has 0 bridgehead atoms. The zero-order valence-electron chi connectivity index (χ0n) is 16.0. The van der Waals surface area contributed by atoms with Crippen LogP contribution in [0.2, 0.25) is 10.0 Å². The molecule has 3 rings (SSSR count). The maximum Gasteiger partial charge on any atom is 0.255 e. The van der Waals surface area contributed by atoms with Crippen LogP contribution >= 0.6 is 23.2 Å². The van der Waals surface area contributed by atoms with Crippen molar-refractivity contribution in [1.82, 2.24) is 4.31 Å². The van der Waals surface area contributed by atoms with Crippen molar-refractivity contribution >= 4 is 50.5 Å². The van der Waals surface area contributed by atoms with E-state index in [1.807, 2.05) is 14.1 Å². The predicted octanol–water partition coefficient (Wildman–Crippen LogP) is 3.33. The Bertz CT molecular complexity index is 1020. The summed E-state index contributed by atoms with van der Waals surface area (Å²) in [5.41, 5.74) is 1.34. The number of benzene rings is 2. The molecule has 0 radical (unpaired) electrons. The van der Waals surface area contributed by atoms with E-state index in [1.54, 1.807) is 23.1 Å². The van der Waals surface area contributed by atoms with E-state index in [4.69, 9.17) is 27.9 Å². The van der Waals surface area contributed by atoms with E-state index in [2.05, 4.69) is 5.32 Å². The molecule has 1 fully saturated rings. The zero-order chi connectivity index (χ0) is 21.2. The molecule has 0 spiro atoms. The Kier molecular flexibility index (Phi) is 6.70. The molecule has 0 unspecified atom stereocenters. The highest BCUT2D eigenvalue weighted by Crippen LogP contribution is 2.33. The van der Waals surface area contributed by atoms with Gasteiger partial charge in [-0.25, -0.2) is 8.42 Å². The number of nitrogens with zero attached hydrogens (tertiary/aromatic N) is 2. The summed E-state index contributed by atoms with van der Waals surface area (Å²) in [5.74, 6) is -0.467. The van der Waals surface area contributed by atoms with Crippen molar-refractivity contribution in [3.63, 3.8) is 0 Å². The number of halogens is 2. The number of anilines is 2. The van der Waals surface area contributed by atoms with Crippen molar-refractivity contribution in [2.45, 2.75) is 4.90 Å². The van der Waals surface area contributed by atoms with E-state index >= 15 is 0 Å². The second kappa shape index (κ2) is 8.89. The smallest absolute Gasteiger partial charge is 0.255 e. The highest BCUT2D eigenvalue weighted by atomic mass is 35.5. The predicted molar refractivity (Wildman–Crippen MR) is 115 cm³/mol. The van der Waals surface area contributed by atoms with Gasteiger partial charge in [0.15, 0.2) is 0 Å². The van der Waals surface area contributed by atoms with Gasteiger partial charge >= 0.3 is 0 Å². The van der Waals surface area contributed by atoms with Crippen molar-refractivity contribution in [2.75, 3.05) is 50.6 Å². The number of carbonyl (C=O) groups is 1. The van der Waals surface area contributed by atoms with Crippen LogP contribution in [-0.4, -0.2) is 59.0 Å². The fourth-order valence-corrected chi connectivity index (χ4v) is 5.29. The average Bonchev–Trinajstić information content (AvgIpc) is 2.68. The summed E-state index contributed by atoms with van der Waals surface area (Å²) in [6.45, 7) is 1.12. The fraction of sp³-hybridized carbons (Fsp3) is 0.316. The number of hydrogen-bond acceptors (Lipinski definition) is 5. The van der Waals surface area contributed by atoms with Gasteiger partial charge in [-0.15, -0.1) is 0 Å². The van der Waals surface area contributed by atoms with E-state index < -0.39 is 15.9 Å². The molecule has 29 heavy (non-hydrogen) atoms. The molecule has 1 aliphatic heterocycles. The molecular formula is C19H21Cl2N3O4S. The van der Waals surface area contributed by atoms with Gasteiger partial charge in [-0.1, -0.05) is 29.3 Å². The number of ether oxygens (including phenoxy) is 1. The van der Waals surface area contributed by atoms with Crippen molar-refractivity contribution in [3.05, 3.63) is 52.0 Å². The first-order valence-electron chi connectivity index (χ1n) is 8.86. The molecule has 156 valence electrons. The molecule has 0 aromatic heterocycles. The molecule has 1 N–H and O–H groups in total. The van der Waals surface area contributed by atoms with Crippen LogP contribution in [0.15, 0.2) is 41.3 Å². The molecule has 10 heteroatoms. The van der Waals surface area contributed by atoms with Crippen molar-refractivity contribution < 1.29 is 17.9 Å². The van der Waals surface area contributed by atoms with Gasteiger partial charge in [0.25, 0.3) is 5.91 Å². The van der Waals surface area contributed by atoms with Gasteiger partial charge in [0, 0.05) is 32.7 Å². The molecule has 0 saturated carbocycles. The molecule has 0 atom stereocenters. The summed E-state index contributed by atoms with van der Waals surface area (Å²) in [5, 5.41) is 3.34. The molecule has 1 saturated heterocycles. The summed E-state index contributed by atoms with van der Waals surface area (Å²) in [6.07, 6.45) is 0. The Labute approximate surface area is 180 Å². The lowest BCUT2D eigenvalue weighted by atomic mass is 10.2. The molecule has 1 aliphatic rings. The third-order valence-corrected chi connectivity index (χ3v) is 7.15. The lowest BCUT2D eigenvalue weighted by molar-refractivity contribution is 0.0730. The number of para-hydroxylation sites is 1. The molecule has 2 aromatic carbocycles. The van der Waals surface area contributed by atoms with E-state index in [-0.39, 0.29) is 28.6 Å². The van der Waals surface area contributed by atoms with Crippen LogP contribution in [0.3, 0.4) is 0 Å². The first-order chi connectivity index (χ1) is 13.7. The number of rotatable bonds is 5. The number of amides is 1. The van der Waals surface area contributed by atoms with E-state index in [9.17, 15) is 13.2 Å². The molecule has 2 aromatic rings. The minimum absolute atomic E-state index is 0.0600. The van der Waals surface area contributed by atoms with Gasteiger partial charge in [0.05, 0.1) is 34.6 Å². The maximum atomic E-state index is 13.0. The van der Waals surface area contributed by atoms with Gasteiger partial charge in [0.1, 0.15) is 4.90 Å². The maximum absolute atomic E-state index is 13.0. The van der Waals surface area contributed by atoms with E-state index in [0.717, 1.165) is 0 Å². The summed E-state index contributed by atoms with van der Waals surface area (Å²) in [4.78, 5) is 14.5. The second-order valence-corrected chi connectivity index (χ2v) is 9.37. The Hall–Kier alpha value is -1.84. The number of morpholine rings is 1. The minimum atomic E-state index is -3.84. The average molecular weight is 458 g/mol. The first-order valence-corrected chi connectivity index (χ1v) is 11.1. The quantitative estimate of drug-likeness (QED) is 0.744. The molecule has 1 heterocycles. The summed E-state index contributed by atoms with van der Waals surface area (Å²) in [7, 11) is -0.214. The Morgan fingerprint density at radius 3 is 2.45 bits per heavy atom. The van der Waals surface area contributed by atoms with Crippen LogP contribution in [0.1, 0.15) is 10.4 Å². The second-order valence-electron chi connectivity index (χ2n) is 6.65. The largest absolute Gasteiger partial charge is 0.379 e. The number of sulfonamides is 1. The first kappa shape index (κ1) is 21.9. The van der Waals surface area contributed by atoms with Crippen molar-refractivity contribution in [1.29, 1.82) is 0 Å². The molecule has 0 aliphatic carbocycles. The summed E-state index contributed by atoms with van der Waals surface area (Å²) < 4.78 is 32.4. The highest BCUT2D eigenvalue weighted by Gasteiger charge is 2.29. The lowest BCUT2D eigenvalue weighted by Gasteiger charge is -2.26. The summed E-state index contributed by atoms with van der Waals surface area (Å²) in [6, 6.07) is 9.36. The van der Waals surface area contributed by atoms with E-state index in [1.165, 1.54) is 22.5 Å². The lowest BCUT2D eigenvalue weighted by Crippen LogP contribution is -2.40. The summed E-state index contributed by atoms with van der Waals surface area (Å²) >= 11 is 12.4. The molecular weight excluding hydrogens is 437 g/mol. The Morgan fingerprint density at radius 1 is 1.10 bits per heavy atom. The zero-order valence-corrected chi connectivity index (χ0v) is 18.3. The van der Waals surface area contributed by atoms with Gasteiger partial charge in [-0.3, -0.25) is 4.79 Å². The van der Waals surface area contributed by atoms with E-state index in [0.29, 0.717) is 29.6 Å². The number of nitrogens with one attached hydrogen (secondary N) is 1. The van der Waals surface area contributed by atoms with Gasteiger partial charge in [0.2, 0.25) is 10.0 Å². The van der Waals surface area contributed by atoms with Crippen LogP contribution in [0.5, 0.6) is 0 Å². The minimum Gasteiger partial charge on any atom is -0.379 e. The van der Waals surface area contributed by atoms with Gasteiger partial charge in [-0.2, -0.15) is 4.31 Å². The SMILES string of the molecule is CN(C)c1c(Cl)cccc1NC(=O)c1ccc(Cl)c(S(=O)(=O)N2CCOCC2)c1. The van der Waals surface area contributed by atoms with Gasteiger partial charge < -0.3 is 15.0 Å². The molecule has 1 amide bonds. The van der Waals surface area contributed by atoms with Crippen molar-refractivity contribution in [2.24, 2.45) is 0 Å². The number of hydrogen-bond donors (Lipinski definition) is 1. The number of carbonyl (C=O) groups excluding carboxylic acids is 1. The van der Waals surface area contributed by atoms with Crippen LogP contribution in [0, 0.1) is 0 Å². The van der Waals surface area contributed by atoms with Crippen LogP contribution < -0.4 is 10.2 Å². The van der Waals surface area contributed by atoms with Crippen LogP contribution in [-0.2, 0) is 14.8 Å². The van der Waals surface area contributed by atoms with Gasteiger partial charge in [-0.05, 0) is 30.3 Å². The molecule has 7 nitrogen and oxygen atoms in total. The van der Waals surface area contributed by atoms with Crippen molar-refractivity contribution in [3.8, 4) is 0 Å². The normalized spacial score (nSPS) is 15.2. The Morgan fingerprint density at radius 2 is 1.79 bits per heavy atom. The Balaban J connectivity index is 1.92.